The number of carboxylic acids is 2. The van der Waals surface area contributed by atoms with E-state index in [1.807, 2.05) is 30.9 Å². The van der Waals surface area contributed by atoms with Crippen LogP contribution in [0.4, 0.5) is 0 Å². The van der Waals surface area contributed by atoms with Gasteiger partial charge in [-0.2, -0.15) is 11.8 Å². The number of nitrogens with zero attached hydrogens (tertiary/aromatic N) is 2. The SMILES string of the molecule is CCCCCCCSC(CCCn1ccnc1)c1ccc(Cl)cc1.O=C(O)C(=O)O. The summed E-state index contributed by atoms with van der Waals surface area (Å²) in [5.41, 5.74) is 1.41. The van der Waals surface area contributed by atoms with Gasteiger partial charge in [0.15, 0.2) is 0 Å². The fourth-order valence-corrected chi connectivity index (χ4v) is 4.30. The fraction of sp³-hybridized carbons (Fsp3) is 0.500. The van der Waals surface area contributed by atoms with Crippen LogP contribution >= 0.6 is 23.4 Å². The summed E-state index contributed by atoms with van der Waals surface area (Å²) in [5.74, 6) is -2.40. The molecule has 2 aromatic rings. The van der Waals surface area contributed by atoms with Crippen LogP contribution in [0.5, 0.6) is 0 Å². The number of aliphatic carboxylic acids is 2. The maximum absolute atomic E-state index is 9.10. The quantitative estimate of drug-likeness (QED) is 0.305. The molecule has 0 saturated heterocycles. The zero-order valence-electron chi connectivity index (χ0n) is 17.4. The smallest absolute Gasteiger partial charge is 0.414 e. The highest BCUT2D eigenvalue weighted by molar-refractivity contribution is 7.99. The van der Waals surface area contributed by atoms with E-state index >= 15 is 0 Å². The Balaban J connectivity index is 0.000000656. The van der Waals surface area contributed by atoms with E-state index in [1.54, 1.807) is 0 Å². The molecular formula is C22H31ClN2O4S. The number of aryl methyl sites for hydroxylation is 1. The molecular weight excluding hydrogens is 424 g/mol. The number of imidazole rings is 1. The number of unbranched alkanes of at least 4 members (excludes halogenated alkanes) is 4. The maximum atomic E-state index is 9.10. The van der Waals surface area contributed by atoms with Gasteiger partial charge < -0.3 is 14.8 Å². The predicted octanol–water partition coefficient (Wildman–Crippen LogP) is 5.92. The van der Waals surface area contributed by atoms with Crippen molar-refractivity contribution in [3.8, 4) is 0 Å². The Morgan fingerprint density at radius 1 is 1.07 bits per heavy atom. The lowest BCUT2D eigenvalue weighted by atomic mass is 10.1. The lowest BCUT2D eigenvalue weighted by molar-refractivity contribution is -0.159. The number of hydrogen-bond donors (Lipinski definition) is 2. The predicted molar refractivity (Wildman–Crippen MR) is 122 cm³/mol. The summed E-state index contributed by atoms with van der Waals surface area (Å²) in [6.07, 6.45) is 14.9. The fourth-order valence-electron chi connectivity index (χ4n) is 2.83. The van der Waals surface area contributed by atoms with Gasteiger partial charge in [-0.1, -0.05) is 56.3 Å². The number of rotatable bonds is 12. The van der Waals surface area contributed by atoms with Gasteiger partial charge in [-0.25, -0.2) is 14.6 Å². The van der Waals surface area contributed by atoms with Gasteiger partial charge in [-0.05, 0) is 42.7 Å². The van der Waals surface area contributed by atoms with Gasteiger partial charge in [0.25, 0.3) is 0 Å². The van der Waals surface area contributed by atoms with Crippen molar-refractivity contribution in [2.45, 2.75) is 63.7 Å². The average molecular weight is 455 g/mol. The molecule has 6 nitrogen and oxygen atoms in total. The molecule has 2 rings (SSSR count). The Morgan fingerprint density at radius 3 is 2.30 bits per heavy atom. The minimum Gasteiger partial charge on any atom is -0.473 e. The van der Waals surface area contributed by atoms with Crippen LogP contribution in [-0.4, -0.2) is 37.5 Å². The summed E-state index contributed by atoms with van der Waals surface area (Å²) in [7, 11) is 0. The first-order valence-electron chi connectivity index (χ1n) is 10.2. The van der Waals surface area contributed by atoms with Gasteiger partial charge in [0, 0.05) is 29.2 Å². The van der Waals surface area contributed by atoms with E-state index in [0.29, 0.717) is 5.25 Å². The molecule has 0 aliphatic carbocycles. The summed E-state index contributed by atoms with van der Waals surface area (Å²) in [6, 6.07) is 8.41. The molecule has 1 aromatic heterocycles. The van der Waals surface area contributed by atoms with Crippen LogP contribution in [-0.2, 0) is 16.1 Å². The normalized spacial score (nSPS) is 11.4. The van der Waals surface area contributed by atoms with Crippen LogP contribution in [0.15, 0.2) is 43.0 Å². The van der Waals surface area contributed by atoms with E-state index in [2.05, 4.69) is 40.4 Å². The van der Waals surface area contributed by atoms with Gasteiger partial charge in [0.2, 0.25) is 0 Å². The lowest BCUT2D eigenvalue weighted by Gasteiger charge is -2.17. The largest absolute Gasteiger partial charge is 0.473 e. The van der Waals surface area contributed by atoms with Crippen molar-refractivity contribution < 1.29 is 19.8 Å². The molecule has 0 bridgehead atoms. The van der Waals surface area contributed by atoms with Crippen molar-refractivity contribution >= 4 is 35.3 Å². The third kappa shape index (κ3) is 11.9. The molecule has 30 heavy (non-hydrogen) atoms. The molecule has 1 atom stereocenters. The molecule has 1 unspecified atom stereocenters. The summed E-state index contributed by atoms with van der Waals surface area (Å²) < 4.78 is 2.16. The van der Waals surface area contributed by atoms with Crippen molar-refractivity contribution in [2.24, 2.45) is 0 Å². The summed E-state index contributed by atoms with van der Waals surface area (Å²) >= 11 is 8.15. The van der Waals surface area contributed by atoms with E-state index in [-0.39, 0.29) is 0 Å². The molecule has 0 saturated carbocycles. The molecule has 0 radical (unpaired) electrons. The number of thioether (sulfide) groups is 1. The molecule has 0 amide bonds. The Kier molecular flexibility index (Phi) is 13.7. The Morgan fingerprint density at radius 2 is 1.73 bits per heavy atom. The van der Waals surface area contributed by atoms with Crippen molar-refractivity contribution in [2.75, 3.05) is 5.75 Å². The number of aromatic nitrogens is 2. The third-order valence-electron chi connectivity index (χ3n) is 4.43. The number of hydrogen-bond acceptors (Lipinski definition) is 4. The van der Waals surface area contributed by atoms with Crippen molar-refractivity contribution in [3.05, 3.63) is 53.6 Å². The number of carboxylic acid groups (broad SMARTS) is 2. The highest BCUT2D eigenvalue weighted by Gasteiger charge is 2.12. The van der Waals surface area contributed by atoms with E-state index in [9.17, 15) is 0 Å². The number of benzene rings is 1. The molecule has 0 fully saturated rings. The number of halogens is 1. The first-order valence-corrected chi connectivity index (χ1v) is 11.7. The van der Waals surface area contributed by atoms with E-state index < -0.39 is 11.9 Å². The summed E-state index contributed by atoms with van der Waals surface area (Å²) in [5, 5.41) is 16.2. The van der Waals surface area contributed by atoms with Crippen LogP contribution in [0.1, 0.15) is 62.7 Å². The topological polar surface area (TPSA) is 92.4 Å². The minimum atomic E-state index is -1.82. The second kappa shape index (κ2) is 15.8. The second-order valence-electron chi connectivity index (χ2n) is 6.88. The standard InChI is InChI=1S/C20H29ClN2S.C2H2O4/c1-2-3-4-5-6-16-24-20(18-9-11-19(21)12-10-18)8-7-14-23-15-13-22-17-23;3-1(4)2(5)6/h9-13,15,17,20H,2-8,14,16H2,1H3;(H,3,4)(H,5,6). The first-order chi connectivity index (χ1) is 14.4. The van der Waals surface area contributed by atoms with Crippen LogP contribution < -0.4 is 0 Å². The highest BCUT2D eigenvalue weighted by Crippen LogP contribution is 2.34. The molecule has 8 heteroatoms. The highest BCUT2D eigenvalue weighted by atomic mass is 35.5. The zero-order chi connectivity index (χ0) is 22.2. The second-order valence-corrected chi connectivity index (χ2v) is 8.63. The van der Waals surface area contributed by atoms with Gasteiger partial charge in [-0.3, -0.25) is 0 Å². The van der Waals surface area contributed by atoms with E-state index in [0.717, 1.165) is 11.6 Å². The van der Waals surface area contributed by atoms with Crippen LogP contribution in [0.3, 0.4) is 0 Å². The van der Waals surface area contributed by atoms with E-state index in [1.165, 1.54) is 56.3 Å². The van der Waals surface area contributed by atoms with E-state index in [4.69, 9.17) is 31.4 Å². The van der Waals surface area contributed by atoms with Crippen LogP contribution in [0.25, 0.3) is 0 Å². The van der Waals surface area contributed by atoms with Gasteiger partial charge in [0.1, 0.15) is 0 Å². The van der Waals surface area contributed by atoms with Crippen molar-refractivity contribution in [3.63, 3.8) is 0 Å². The zero-order valence-corrected chi connectivity index (χ0v) is 18.9. The summed E-state index contributed by atoms with van der Waals surface area (Å²) in [6.45, 7) is 3.31. The lowest BCUT2D eigenvalue weighted by Crippen LogP contribution is -2.09. The molecule has 0 spiro atoms. The van der Waals surface area contributed by atoms with Gasteiger partial charge in [0.05, 0.1) is 6.33 Å². The van der Waals surface area contributed by atoms with Gasteiger partial charge >= 0.3 is 11.9 Å². The van der Waals surface area contributed by atoms with Crippen LogP contribution in [0, 0.1) is 0 Å². The Hall–Kier alpha value is -1.99. The van der Waals surface area contributed by atoms with Crippen molar-refractivity contribution in [1.29, 1.82) is 0 Å². The van der Waals surface area contributed by atoms with Crippen molar-refractivity contribution in [1.82, 2.24) is 9.55 Å². The number of carbonyl (C=O) groups is 2. The molecule has 1 aromatic carbocycles. The molecule has 1 heterocycles. The average Bonchev–Trinajstić information content (AvgIpc) is 3.24. The molecule has 0 aliphatic rings. The monoisotopic (exact) mass is 454 g/mol. The van der Waals surface area contributed by atoms with Crippen LogP contribution in [0.2, 0.25) is 5.02 Å². The minimum absolute atomic E-state index is 0.567. The Bertz CT molecular complexity index is 711. The molecule has 0 aliphatic heterocycles. The molecule has 2 N–H and O–H groups in total. The summed E-state index contributed by atoms with van der Waals surface area (Å²) in [4.78, 5) is 22.3. The molecule has 166 valence electrons. The third-order valence-corrected chi connectivity index (χ3v) is 6.12. The Labute approximate surface area is 187 Å². The van der Waals surface area contributed by atoms with Gasteiger partial charge in [-0.15, -0.1) is 0 Å². The first kappa shape index (κ1) is 26.0. The maximum Gasteiger partial charge on any atom is 0.414 e.